The Balaban J connectivity index is 1.62. The molecule has 2 aliphatic heterocycles. The van der Waals surface area contributed by atoms with Gasteiger partial charge in [-0.3, -0.25) is 9.36 Å². The second kappa shape index (κ2) is 11.8. The third kappa shape index (κ3) is 5.45. The highest BCUT2D eigenvalue weighted by molar-refractivity contribution is 7.07. The number of piperidine rings is 1. The number of anilines is 1. The number of hydrogen-bond donors (Lipinski definition) is 0. The van der Waals surface area contributed by atoms with Crippen LogP contribution in [0.15, 0.2) is 55.8 Å². The van der Waals surface area contributed by atoms with E-state index in [9.17, 15) is 9.59 Å². The van der Waals surface area contributed by atoms with Crippen molar-refractivity contribution in [1.82, 2.24) is 4.57 Å². The van der Waals surface area contributed by atoms with Crippen molar-refractivity contribution in [2.24, 2.45) is 4.99 Å². The molecular formula is C30H35N3O6S. The number of furan rings is 1. The molecule has 212 valence electrons. The van der Waals surface area contributed by atoms with Crippen molar-refractivity contribution in [2.45, 2.75) is 59.1 Å². The monoisotopic (exact) mass is 565 g/mol. The topological polar surface area (TPSA) is 95.5 Å². The number of thiazole rings is 1. The molecule has 10 heteroatoms. The summed E-state index contributed by atoms with van der Waals surface area (Å²) in [4.78, 5) is 34.5. The van der Waals surface area contributed by atoms with Gasteiger partial charge in [0, 0.05) is 25.2 Å². The summed E-state index contributed by atoms with van der Waals surface area (Å²) < 4.78 is 25.0. The van der Waals surface area contributed by atoms with E-state index in [1.807, 2.05) is 32.0 Å². The molecule has 0 bridgehead atoms. The van der Waals surface area contributed by atoms with Crippen LogP contribution in [-0.4, -0.2) is 43.4 Å². The van der Waals surface area contributed by atoms with Gasteiger partial charge in [0.05, 0.1) is 41.7 Å². The van der Waals surface area contributed by atoms with E-state index in [0.29, 0.717) is 43.4 Å². The molecule has 1 fully saturated rings. The van der Waals surface area contributed by atoms with Crippen LogP contribution in [0, 0.1) is 0 Å². The summed E-state index contributed by atoms with van der Waals surface area (Å²) in [6.45, 7) is 9.53. The number of rotatable bonds is 8. The van der Waals surface area contributed by atoms with Crippen LogP contribution in [0.3, 0.4) is 0 Å². The molecule has 0 N–H and O–H groups in total. The molecule has 0 spiro atoms. The Bertz CT molecular complexity index is 1610. The fourth-order valence-electron chi connectivity index (χ4n) is 5.15. The summed E-state index contributed by atoms with van der Waals surface area (Å²) in [5.41, 5.74) is 1.23. The molecule has 2 aromatic heterocycles. The summed E-state index contributed by atoms with van der Waals surface area (Å²) in [5, 5.41) is 0. The normalized spacial score (nSPS) is 17.6. The zero-order chi connectivity index (χ0) is 28.4. The van der Waals surface area contributed by atoms with Crippen molar-refractivity contribution in [2.75, 3.05) is 31.7 Å². The number of allylic oxidation sites excluding steroid dienone is 1. The van der Waals surface area contributed by atoms with Crippen LogP contribution >= 0.6 is 11.3 Å². The van der Waals surface area contributed by atoms with E-state index in [1.54, 1.807) is 43.7 Å². The lowest BCUT2D eigenvalue weighted by molar-refractivity contribution is -0.139. The molecule has 4 heterocycles. The van der Waals surface area contributed by atoms with Crippen LogP contribution in [0.5, 0.6) is 11.5 Å². The van der Waals surface area contributed by atoms with Gasteiger partial charge >= 0.3 is 5.97 Å². The number of aromatic nitrogens is 1. The second-order valence-corrected chi connectivity index (χ2v) is 11.1. The molecule has 1 aromatic carbocycles. The van der Waals surface area contributed by atoms with Gasteiger partial charge in [0.15, 0.2) is 22.2 Å². The van der Waals surface area contributed by atoms with Gasteiger partial charge in [0.1, 0.15) is 5.76 Å². The number of ether oxygens (including phenoxy) is 3. The molecule has 1 atom stereocenters. The Kier molecular flexibility index (Phi) is 8.16. The maximum atomic E-state index is 13.9. The minimum atomic E-state index is -0.750. The summed E-state index contributed by atoms with van der Waals surface area (Å²) in [7, 11) is 1.56. The van der Waals surface area contributed by atoms with Crippen molar-refractivity contribution in [3.8, 4) is 11.5 Å². The summed E-state index contributed by atoms with van der Waals surface area (Å²) in [5.74, 6) is 1.98. The predicted molar refractivity (Wildman–Crippen MR) is 154 cm³/mol. The van der Waals surface area contributed by atoms with Crippen molar-refractivity contribution in [3.63, 3.8) is 0 Å². The maximum Gasteiger partial charge on any atom is 0.338 e. The van der Waals surface area contributed by atoms with Crippen LogP contribution in [0.4, 0.5) is 5.88 Å². The smallest absolute Gasteiger partial charge is 0.338 e. The number of hydrogen-bond acceptors (Lipinski definition) is 9. The Morgan fingerprint density at radius 2 is 1.95 bits per heavy atom. The number of carbonyl (C=O) groups excluding carboxylic acids is 1. The molecule has 2 aliphatic rings. The largest absolute Gasteiger partial charge is 0.493 e. The highest BCUT2D eigenvalue weighted by Gasteiger charge is 2.34. The van der Waals surface area contributed by atoms with Gasteiger partial charge in [-0.05, 0) is 70.7 Å². The van der Waals surface area contributed by atoms with E-state index in [0.717, 1.165) is 31.8 Å². The molecule has 3 aromatic rings. The zero-order valence-electron chi connectivity index (χ0n) is 23.6. The van der Waals surface area contributed by atoms with Gasteiger partial charge in [-0.25, -0.2) is 9.79 Å². The number of carbonyl (C=O) groups is 1. The minimum Gasteiger partial charge on any atom is -0.493 e. The molecule has 1 saturated heterocycles. The Hall–Kier alpha value is -3.79. The van der Waals surface area contributed by atoms with Crippen LogP contribution in [0.2, 0.25) is 0 Å². The van der Waals surface area contributed by atoms with Gasteiger partial charge in [0.25, 0.3) is 5.56 Å². The number of nitrogens with zero attached hydrogens (tertiary/aromatic N) is 3. The molecule has 0 amide bonds. The van der Waals surface area contributed by atoms with Crippen molar-refractivity contribution in [1.29, 1.82) is 0 Å². The molecule has 5 rings (SSSR count). The predicted octanol–water partition coefficient (Wildman–Crippen LogP) is 4.18. The lowest BCUT2D eigenvalue weighted by atomic mass is 9.95. The van der Waals surface area contributed by atoms with E-state index >= 15 is 0 Å². The first-order valence-electron chi connectivity index (χ1n) is 13.7. The Morgan fingerprint density at radius 1 is 1.18 bits per heavy atom. The molecule has 1 unspecified atom stereocenters. The van der Waals surface area contributed by atoms with Gasteiger partial charge in [-0.15, -0.1) is 0 Å². The van der Waals surface area contributed by atoms with E-state index < -0.39 is 12.0 Å². The minimum absolute atomic E-state index is 0.0494. The maximum absolute atomic E-state index is 13.9. The summed E-state index contributed by atoms with van der Waals surface area (Å²) in [6.07, 6.45) is 5.22. The van der Waals surface area contributed by atoms with Gasteiger partial charge < -0.3 is 23.5 Å². The Morgan fingerprint density at radius 3 is 2.65 bits per heavy atom. The third-order valence-electron chi connectivity index (χ3n) is 6.94. The van der Waals surface area contributed by atoms with Crippen molar-refractivity contribution >= 4 is 29.3 Å². The average molecular weight is 566 g/mol. The highest BCUT2D eigenvalue weighted by atomic mass is 32.1. The van der Waals surface area contributed by atoms with Crippen LogP contribution in [0.1, 0.15) is 64.3 Å². The molecule has 0 radical (unpaired) electrons. The summed E-state index contributed by atoms with van der Waals surface area (Å²) >= 11 is 1.26. The molecule has 9 nitrogen and oxygen atoms in total. The number of fused-ring (bicyclic) bond motifs is 1. The van der Waals surface area contributed by atoms with E-state index in [1.165, 1.54) is 17.8 Å². The van der Waals surface area contributed by atoms with E-state index in [2.05, 4.69) is 9.89 Å². The third-order valence-corrected chi connectivity index (χ3v) is 7.92. The van der Waals surface area contributed by atoms with Crippen LogP contribution < -0.4 is 29.3 Å². The molecule has 0 saturated carbocycles. The molecule has 0 aliphatic carbocycles. The first-order valence-corrected chi connectivity index (χ1v) is 14.5. The standard InChI is InChI=1S/C30H35N3O6S/c1-6-37-29(35)26-19(4)31-30-33(27(26)20-10-12-22(38-18(2)3)23(16-20)36-5)28(34)24(40-30)17-21-11-13-25(39-21)32-14-8-7-9-15-32/h10-13,16-18,27H,6-9,14-15H2,1-5H3. The first-order chi connectivity index (χ1) is 19.3. The zero-order valence-corrected chi connectivity index (χ0v) is 24.4. The number of benzene rings is 1. The fourth-order valence-corrected chi connectivity index (χ4v) is 6.17. The fraction of sp³-hybridized carbons (Fsp3) is 0.433. The van der Waals surface area contributed by atoms with Crippen molar-refractivity contribution < 1.29 is 23.4 Å². The average Bonchev–Trinajstić information content (AvgIpc) is 3.53. The SMILES string of the molecule is CCOC(=O)C1=C(C)N=c2sc(=Cc3ccc(N4CCCCC4)o3)c(=O)n2C1c1ccc(OC(C)C)c(OC)c1. The van der Waals surface area contributed by atoms with Gasteiger partial charge in [-0.1, -0.05) is 17.4 Å². The van der Waals surface area contributed by atoms with Gasteiger partial charge in [0.2, 0.25) is 0 Å². The summed E-state index contributed by atoms with van der Waals surface area (Å²) in [6, 6.07) is 8.53. The number of esters is 1. The van der Waals surface area contributed by atoms with Crippen LogP contribution in [-0.2, 0) is 9.53 Å². The number of methoxy groups -OCH3 is 1. The van der Waals surface area contributed by atoms with E-state index in [4.69, 9.17) is 18.6 Å². The van der Waals surface area contributed by atoms with Crippen molar-refractivity contribution in [3.05, 3.63) is 72.6 Å². The first kappa shape index (κ1) is 27.8. The lowest BCUT2D eigenvalue weighted by Crippen LogP contribution is -2.40. The molecule has 40 heavy (non-hydrogen) atoms. The lowest BCUT2D eigenvalue weighted by Gasteiger charge is -2.25. The Labute approximate surface area is 237 Å². The molecular weight excluding hydrogens is 530 g/mol. The second-order valence-electron chi connectivity index (χ2n) is 10.1. The van der Waals surface area contributed by atoms with E-state index in [-0.39, 0.29) is 18.3 Å². The quantitative estimate of drug-likeness (QED) is 0.378. The van der Waals surface area contributed by atoms with Crippen LogP contribution in [0.25, 0.3) is 6.08 Å². The highest BCUT2D eigenvalue weighted by Crippen LogP contribution is 2.36. The van der Waals surface area contributed by atoms with Gasteiger partial charge in [-0.2, -0.15) is 0 Å².